The summed E-state index contributed by atoms with van der Waals surface area (Å²) in [4.78, 5) is 14.0. The Bertz CT molecular complexity index is 510. The van der Waals surface area contributed by atoms with Gasteiger partial charge in [0.2, 0.25) is 5.91 Å². The number of benzene rings is 1. The van der Waals surface area contributed by atoms with Crippen molar-refractivity contribution in [3.05, 3.63) is 23.8 Å². The second kappa shape index (κ2) is 6.45. The van der Waals surface area contributed by atoms with Gasteiger partial charge in [-0.2, -0.15) is 0 Å². The minimum absolute atomic E-state index is 0.0857. The predicted octanol–water partition coefficient (Wildman–Crippen LogP) is 1.79. The minimum Gasteiger partial charge on any atom is -0.495 e. The van der Waals surface area contributed by atoms with Crippen molar-refractivity contribution in [1.82, 2.24) is 4.90 Å². The average molecular weight is 292 g/mol. The van der Waals surface area contributed by atoms with Gasteiger partial charge in [0, 0.05) is 13.1 Å². The summed E-state index contributed by atoms with van der Waals surface area (Å²) < 4.78 is 5.24. The van der Waals surface area contributed by atoms with E-state index in [0.29, 0.717) is 31.1 Å². The fourth-order valence-corrected chi connectivity index (χ4v) is 2.83. The Morgan fingerprint density at radius 1 is 1.48 bits per heavy atom. The molecule has 1 aliphatic rings. The van der Waals surface area contributed by atoms with Crippen LogP contribution in [0.4, 0.5) is 5.69 Å². The van der Waals surface area contributed by atoms with Crippen LogP contribution in [0.1, 0.15) is 25.3 Å². The second-order valence-corrected chi connectivity index (χ2v) is 5.87. The maximum absolute atomic E-state index is 12.1. The van der Waals surface area contributed by atoms with E-state index in [0.717, 1.165) is 18.4 Å². The van der Waals surface area contributed by atoms with Crippen molar-refractivity contribution in [3.8, 4) is 5.75 Å². The molecular weight excluding hydrogens is 268 g/mol. The normalized spacial score (nSPS) is 17.1. The molecule has 1 saturated heterocycles. The molecule has 0 saturated carbocycles. The van der Waals surface area contributed by atoms with E-state index >= 15 is 0 Å². The largest absolute Gasteiger partial charge is 0.495 e. The van der Waals surface area contributed by atoms with Gasteiger partial charge < -0.3 is 15.2 Å². The highest BCUT2D eigenvalue weighted by Gasteiger charge is 2.40. The molecule has 1 aliphatic heterocycles. The van der Waals surface area contributed by atoms with Gasteiger partial charge in [0.1, 0.15) is 5.75 Å². The highest BCUT2D eigenvalue weighted by Crippen LogP contribution is 2.27. The fraction of sp³-hybridized carbons (Fsp3) is 0.562. The number of hydrogen-bond donors (Lipinski definition) is 2. The Morgan fingerprint density at radius 3 is 2.81 bits per heavy atom. The molecule has 0 unspecified atom stereocenters. The highest BCUT2D eigenvalue weighted by molar-refractivity contribution is 5.93. The number of methoxy groups -OCH3 is 1. The van der Waals surface area contributed by atoms with E-state index in [1.54, 1.807) is 7.11 Å². The van der Waals surface area contributed by atoms with E-state index < -0.39 is 5.60 Å². The van der Waals surface area contributed by atoms with Crippen molar-refractivity contribution < 1.29 is 14.6 Å². The maximum Gasteiger partial charge on any atom is 0.238 e. The van der Waals surface area contributed by atoms with Gasteiger partial charge in [-0.05, 0) is 31.0 Å². The SMILES string of the molecule is CCCC1(O)CN(CC(=O)Nc2cc(C)ccc2OC)C1. The molecule has 116 valence electrons. The first-order valence-electron chi connectivity index (χ1n) is 7.35. The molecule has 1 aromatic carbocycles. The molecule has 5 nitrogen and oxygen atoms in total. The molecule has 1 fully saturated rings. The lowest BCUT2D eigenvalue weighted by atomic mass is 9.89. The van der Waals surface area contributed by atoms with Crippen molar-refractivity contribution in [2.75, 3.05) is 32.1 Å². The molecule has 2 rings (SSSR count). The van der Waals surface area contributed by atoms with Gasteiger partial charge >= 0.3 is 0 Å². The number of ether oxygens (including phenoxy) is 1. The number of likely N-dealkylation sites (tertiary alicyclic amines) is 1. The van der Waals surface area contributed by atoms with Crippen molar-refractivity contribution in [1.29, 1.82) is 0 Å². The molecule has 0 atom stereocenters. The quantitative estimate of drug-likeness (QED) is 0.839. The Morgan fingerprint density at radius 2 is 2.19 bits per heavy atom. The molecule has 0 aliphatic carbocycles. The fourth-order valence-electron chi connectivity index (χ4n) is 2.83. The standard InChI is InChI=1S/C16H24N2O3/c1-4-7-16(20)10-18(11-16)9-15(19)17-13-8-12(2)5-6-14(13)21-3/h5-6,8,20H,4,7,9-11H2,1-3H3,(H,17,19). The molecule has 2 N–H and O–H groups in total. The number of β-amino-alcohol motifs (C(OH)–C–C–N with tert-alkyl or cyclic N) is 1. The Balaban J connectivity index is 1.87. The molecule has 5 heteroatoms. The van der Waals surface area contributed by atoms with E-state index in [9.17, 15) is 9.90 Å². The van der Waals surface area contributed by atoms with E-state index in [2.05, 4.69) is 12.2 Å². The summed E-state index contributed by atoms with van der Waals surface area (Å²) in [5, 5.41) is 13.0. The maximum atomic E-state index is 12.1. The summed E-state index contributed by atoms with van der Waals surface area (Å²) in [5.74, 6) is 0.567. The van der Waals surface area contributed by atoms with Crippen LogP contribution < -0.4 is 10.1 Å². The number of nitrogens with one attached hydrogen (secondary N) is 1. The van der Waals surface area contributed by atoms with Crippen LogP contribution in [0.5, 0.6) is 5.75 Å². The molecule has 1 heterocycles. The molecule has 0 bridgehead atoms. The summed E-state index contributed by atoms with van der Waals surface area (Å²) >= 11 is 0. The third-order valence-corrected chi connectivity index (χ3v) is 3.75. The van der Waals surface area contributed by atoms with Gasteiger partial charge in [0.25, 0.3) is 0 Å². The number of rotatable bonds is 6. The summed E-state index contributed by atoms with van der Waals surface area (Å²) in [6, 6.07) is 5.67. The third kappa shape index (κ3) is 3.95. The molecule has 21 heavy (non-hydrogen) atoms. The first kappa shape index (κ1) is 15.8. The Labute approximate surface area is 125 Å². The number of nitrogens with zero attached hydrogens (tertiary/aromatic N) is 1. The number of aliphatic hydroxyl groups is 1. The summed E-state index contributed by atoms with van der Waals surface area (Å²) in [7, 11) is 1.58. The van der Waals surface area contributed by atoms with E-state index in [-0.39, 0.29) is 5.91 Å². The predicted molar refractivity (Wildman–Crippen MR) is 82.7 cm³/mol. The summed E-state index contributed by atoms with van der Waals surface area (Å²) in [6.45, 7) is 5.45. The third-order valence-electron chi connectivity index (χ3n) is 3.75. The highest BCUT2D eigenvalue weighted by atomic mass is 16.5. The smallest absolute Gasteiger partial charge is 0.238 e. The molecule has 1 aromatic rings. The van der Waals surface area contributed by atoms with Crippen molar-refractivity contribution >= 4 is 11.6 Å². The van der Waals surface area contributed by atoms with Gasteiger partial charge in [-0.3, -0.25) is 9.69 Å². The van der Waals surface area contributed by atoms with Crippen LogP contribution >= 0.6 is 0 Å². The topological polar surface area (TPSA) is 61.8 Å². The monoisotopic (exact) mass is 292 g/mol. The van der Waals surface area contributed by atoms with Gasteiger partial charge in [0.15, 0.2) is 0 Å². The minimum atomic E-state index is -0.601. The Kier molecular flexibility index (Phi) is 4.85. The molecular formula is C16H24N2O3. The Hall–Kier alpha value is -1.59. The van der Waals surface area contributed by atoms with E-state index in [1.165, 1.54) is 0 Å². The van der Waals surface area contributed by atoms with Gasteiger partial charge in [-0.15, -0.1) is 0 Å². The van der Waals surface area contributed by atoms with Crippen LogP contribution in [0.2, 0.25) is 0 Å². The summed E-state index contributed by atoms with van der Waals surface area (Å²) in [5.41, 5.74) is 1.15. The van der Waals surface area contributed by atoms with Crippen molar-refractivity contribution in [2.45, 2.75) is 32.3 Å². The van der Waals surface area contributed by atoms with Gasteiger partial charge in [0.05, 0.1) is 24.9 Å². The number of aryl methyl sites for hydroxylation is 1. The molecule has 0 aromatic heterocycles. The van der Waals surface area contributed by atoms with Gasteiger partial charge in [-0.1, -0.05) is 19.4 Å². The summed E-state index contributed by atoms with van der Waals surface area (Å²) in [6.07, 6.45) is 1.74. The number of amides is 1. The number of anilines is 1. The molecule has 1 amide bonds. The number of hydrogen-bond acceptors (Lipinski definition) is 4. The van der Waals surface area contributed by atoms with Gasteiger partial charge in [-0.25, -0.2) is 0 Å². The number of carbonyl (C=O) groups is 1. The lowest BCUT2D eigenvalue weighted by Crippen LogP contribution is -2.62. The van der Waals surface area contributed by atoms with Crippen LogP contribution in [0, 0.1) is 6.92 Å². The molecule has 0 radical (unpaired) electrons. The van der Waals surface area contributed by atoms with Crippen molar-refractivity contribution in [3.63, 3.8) is 0 Å². The average Bonchev–Trinajstić information content (AvgIpc) is 2.37. The van der Waals surface area contributed by atoms with Crippen molar-refractivity contribution in [2.24, 2.45) is 0 Å². The zero-order valence-electron chi connectivity index (χ0n) is 13.0. The first-order chi connectivity index (χ1) is 9.95. The van der Waals surface area contributed by atoms with Crippen LogP contribution in [-0.2, 0) is 4.79 Å². The molecule has 0 spiro atoms. The van der Waals surface area contributed by atoms with E-state index in [4.69, 9.17) is 4.74 Å². The van der Waals surface area contributed by atoms with Crippen LogP contribution in [0.3, 0.4) is 0 Å². The zero-order valence-corrected chi connectivity index (χ0v) is 13.0. The van der Waals surface area contributed by atoms with E-state index in [1.807, 2.05) is 30.0 Å². The zero-order chi connectivity index (χ0) is 15.5. The lowest BCUT2D eigenvalue weighted by molar-refractivity contribution is -0.129. The number of carbonyl (C=O) groups excluding carboxylic acids is 1. The second-order valence-electron chi connectivity index (χ2n) is 5.87. The van der Waals surface area contributed by atoms with Crippen LogP contribution in [0.15, 0.2) is 18.2 Å². The first-order valence-corrected chi connectivity index (χ1v) is 7.35. The van der Waals surface area contributed by atoms with Crippen LogP contribution in [-0.4, -0.2) is 48.3 Å². The lowest BCUT2D eigenvalue weighted by Gasteiger charge is -2.46. The van der Waals surface area contributed by atoms with Crippen LogP contribution in [0.25, 0.3) is 0 Å².